The molecule has 2 aliphatic rings. The van der Waals surface area contributed by atoms with E-state index in [1.165, 1.54) is 33.5 Å². The van der Waals surface area contributed by atoms with Gasteiger partial charge in [0.25, 0.3) is 0 Å². The van der Waals surface area contributed by atoms with Crippen molar-refractivity contribution in [2.75, 3.05) is 19.6 Å². The van der Waals surface area contributed by atoms with Crippen LogP contribution >= 0.6 is 0 Å². The van der Waals surface area contributed by atoms with Gasteiger partial charge in [0, 0.05) is 50.9 Å². The fourth-order valence-corrected chi connectivity index (χ4v) is 6.42. The van der Waals surface area contributed by atoms with Gasteiger partial charge in [0.05, 0.1) is 16.7 Å². The Balaban J connectivity index is 1.35. The average molecular weight is 522 g/mol. The minimum atomic E-state index is 0.0773. The van der Waals surface area contributed by atoms with E-state index in [-0.39, 0.29) is 5.69 Å². The number of fused-ring (bicyclic) bond motifs is 1. The molecule has 0 amide bonds. The number of aryl methyl sites for hydroxylation is 3. The second-order valence-corrected chi connectivity index (χ2v) is 10.9. The molecular formula is C33H39N5O. The third-order valence-electron chi connectivity index (χ3n) is 8.42. The summed E-state index contributed by atoms with van der Waals surface area (Å²) in [4.78, 5) is 15.6. The Morgan fingerprint density at radius 3 is 2.28 bits per heavy atom. The van der Waals surface area contributed by atoms with Crippen LogP contribution in [-0.2, 0) is 19.6 Å². The third kappa shape index (κ3) is 4.83. The second kappa shape index (κ2) is 10.9. The molecule has 6 rings (SSSR count). The minimum absolute atomic E-state index is 0.0773. The highest BCUT2D eigenvalue weighted by Gasteiger charge is 2.33. The first-order valence-corrected chi connectivity index (χ1v) is 14.4. The Bertz CT molecular complexity index is 1560. The van der Waals surface area contributed by atoms with Gasteiger partial charge in [-0.2, -0.15) is 0 Å². The number of benzene rings is 3. The quantitative estimate of drug-likeness (QED) is 0.349. The Labute approximate surface area is 231 Å². The lowest BCUT2D eigenvalue weighted by molar-refractivity contribution is 0.122. The van der Waals surface area contributed by atoms with E-state index in [0.717, 1.165) is 50.1 Å². The summed E-state index contributed by atoms with van der Waals surface area (Å²) in [6.45, 7) is 11.6. The van der Waals surface area contributed by atoms with Crippen molar-refractivity contribution in [1.29, 1.82) is 0 Å². The Morgan fingerprint density at radius 2 is 1.56 bits per heavy atom. The van der Waals surface area contributed by atoms with E-state index in [9.17, 15) is 4.79 Å². The van der Waals surface area contributed by atoms with Crippen molar-refractivity contribution in [3.63, 3.8) is 0 Å². The zero-order valence-corrected chi connectivity index (χ0v) is 23.4. The molecule has 2 aliphatic heterocycles. The van der Waals surface area contributed by atoms with Crippen LogP contribution in [0.25, 0.3) is 22.3 Å². The molecule has 1 N–H and O–H groups in total. The van der Waals surface area contributed by atoms with Crippen LogP contribution in [0.15, 0.2) is 77.6 Å². The maximum atomic E-state index is 13.0. The van der Waals surface area contributed by atoms with Crippen LogP contribution in [0, 0.1) is 6.92 Å². The standard InChI is InChI=1S/C33H39N5O/c1-4-36-30-15-14-26(21-31(30)37(5-2)33(36)39)29-22-34-38(32(29)27-13-9-10-24(3)20-27)28-16-18-35(19-17-28)23-25-11-7-6-8-12-25/h6-15,20-21,28,34H,4-5,16-19,22-23H2,1-3H3. The zero-order chi connectivity index (χ0) is 26.9. The molecule has 0 radical (unpaired) electrons. The summed E-state index contributed by atoms with van der Waals surface area (Å²) in [6, 6.07) is 26.7. The smallest absolute Gasteiger partial charge is 0.304 e. The van der Waals surface area contributed by atoms with Crippen molar-refractivity contribution in [3.8, 4) is 0 Å². The molecule has 0 saturated carbocycles. The summed E-state index contributed by atoms with van der Waals surface area (Å²) in [6.07, 6.45) is 2.24. The molecule has 1 fully saturated rings. The number of hydrogen-bond acceptors (Lipinski definition) is 4. The van der Waals surface area contributed by atoms with Crippen molar-refractivity contribution >= 4 is 22.3 Å². The predicted molar refractivity (Wildman–Crippen MR) is 160 cm³/mol. The first-order chi connectivity index (χ1) is 19.1. The molecule has 3 aromatic carbocycles. The molecule has 6 heteroatoms. The number of aromatic nitrogens is 2. The van der Waals surface area contributed by atoms with Crippen LogP contribution in [0.4, 0.5) is 0 Å². The molecule has 0 aliphatic carbocycles. The highest BCUT2D eigenvalue weighted by atomic mass is 16.1. The lowest BCUT2D eigenvalue weighted by Gasteiger charge is -2.39. The molecule has 0 bridgehead atoms. The SMILES string of the molecule is CCn1c(=O)n(CC)c2cc(C3=C(c4cccc(C)c4)N(C4CCN(Cc5ccccc5)CC4)NC3)ccc21. The van der Waals surface area contributed by atoms with Crippen molar-refractivity contribution in [3.05, 3.63) is 106 Å². The molecule has 1 aromatic heterocycles. The zero-order valence-electron chi connectivity index (χ0n) is 23.4. The number of hydrogen-bond donors (Lipinski definition) is 1. The molecule has 1 saturated heterocycles. The highest BCUT2D eigenvalue weighted by molar-refractivity contribution is 5.95. The van der Waals surface area contributed by atoms with Gasteiger partial charge in [0.15, 0.2) is 0 Å². The van der Waals surface area contributed by atoms with Gasteiger partial charge in [-0.15, -0.1) is 0 Å². The number of likely N-dealkylation sites (tertiary alicyclic amines) is 1. The number of imidazole rings is 1. The number of rotatable bonds is 7. The second-order valence-electron chi connectivity index (χ2n) is 10.9. The largest absolute Gasteiger partial charge is 0.329 e. The summed E-state index contributed by atoms with van der Waals surface area (Å²) in [7, 11) is 0. The lowest BCUT2D eigenvalue weighted by Crippen LogP contribution is -2.47. The summed E-state index contributed by atoms with van der Waals surface area (Å²) >= 11 is 0. The first-order valence-electron chi connectivity index (χ1n) is 14.4. The first kappa shape index (κ1) is 25.7. The van der Waals surface area contributed by atoms with Gasteiger partial charge in [0.1, 0.15) is 0 Å². The van der Waals surface area contributed by atoms with Crippen molar-refractivity contribution in [1.82, 2.24) is 24.5 Å². The van der Waals surface area contributed by atoms with Gasteiger partial charge in [-0.25, -0.2) is 10.2 Å². The molecular weight excluding hydrogens is 482 g/mol. The molecule has 4 aromatic rings. The van der Waals surface area contributed by atoms with Gasteiger partial charge in [-0.3, -0.25) is 14.0 Å². The van der Waals surface area contributed by atoms with E-state index in [1.54, 1.807) is 0 Å². The fraction of sp³-hybridized carbons (Fsp3) is 0.364. The van der Waals surface area contributed by atoms with Crippen molar-refractivity contribution < 1.29 is 0 Å². The number of hydrazine groups is 1. The van der Waals surface area contributed by atoms with Gasteiger partial charge >= 0.3 is 5.69 Å². The Morgan fingerprint density at radius 1 is 0.821 bits per heavy atom. The maximum absolute atomic E-state index is 13.0. The normalized spacial score (nSPS) is 17.1. The predicted octanol–water partition coefficient (Wildman–Crippen LogP) is 5.50. The highest BCUT2D eigenvalue weighted by Crippen LogP contribution is 2.37. The topological polar surface area (TPSA) is 45.4 Å². The summed E-state index contributed by atoms with van der Waals surface area (Å²) in [5.74, 6) is 0. The molecule has 3 heterocycles. The van der Waals surface area contributed by atoms with E-state index < -0.39 is 0 Å². The molecule has 202 valence electrons. The average Bonchev–Trinajstić information content (AvgIpc) is 3.52. The van der Waals surface area contributed by atoms with Crippen molar-refractivity contribution in [2.24, 2.45) is 0 Å². The lowest BCUT2D eigenvalue weighted by atomic mass is 9.96. The summed E-state index contributed by atoms with van der Waals surface area (Å²) in [5, 5.41) is 2.46. The molecule has 0 spiro atoms. The van der Waals surface area contributed by atoms with Crippen LogP contribution < -0.4 is 11.1 Å². The molecule has 6 nitrogen and oxygen atoms in total. The summed E-state index contributed by atoms with van der Waals surface area (Å²) < 4.78 is 3.78. The van der Waals surface area contributed by atoms with E-state index in [0.29, 0.717) is 19.1 Å². The van der Waals surface area contributed by atoms with Gasteiger partial charge in [0.2, 0.25) is 0 Å². The van der Waals surface area contributed by atoms with Gasteiger partial charge in [-0.05, 0) is 68.5 Å². The third-order valence-corrected chi connectivity index (χ3v) is 8.42. The number of nitrogens with zero attached hydrogens (tertiary/aromatic N) is 4. The number of nitrogens with one attached hydrogen (secondary N) is 1. The van der Waals surface area contributed by atoms with E-state index in [2.05, 4.69) is 95.1 Å². The Hall–Kier alpha value is -3.61. The van der Waals surface area contributed by atoms with E-state index in [1.807, 2.05) is 23.0 Å². The summed E-state index contributed by atoms with van der Waals surface area (Å²) in [5.41, 5.74) is 13.6. The van der Waals surface area contributed by atoms with Crippen LogP contribution in [-0.4, -0.2) is 44.7 Å². The number of piperidine rings is 1. The Kier molecular flexibility index (Phi) is 7.15. The van der Waals surface area contributed by atoms with E-state index >= 15 is 0 Å². The molecule has 0 unspecified atom stereocenters. The van der Waals surface area contributed by atoms with Crippen LogP contribution in [0.1, 0.15) is 48.9 Å². The van der Waals surface area contributed by atoms with Crippen molar-refractivity contribution in [2.45, 2.75) is 59.3 Å². The monoisotopic (exact) mass is 521 g/mol. The van der Waals surface area contributed by atoms with E-state index in [4.69, 9.17) is 0 Å². The van der Waals surface area contributed by atoms with Gasteiger partial charge < -0.3 is 5.01 Å². The van der Waals surface area contributed by atoms with Crippen LogP contribution in [0.5, 0.6) is 0 Å². The van der Waals surface area contributed by atoms with Gasteiger partial charge in [-0.1, -0.05) is 60.2 Å². The van der Waals surface area contributed by atoms with Crippen LogP contribution in [0.3, 0.4) is 0 Å². The molecule has 0 atom stereocenters. The minimum Gasteiger partial charge on any atom is -0.304 e. The fourth-order valence-electron chi connectivity index (χ4n) is 6.42. The van der Waals surface area contributed by atoms with Crippen LogP contribution in [0.2, 0.25) is 0 Å². The maximum Gasteiger partial charge on any atom is 0.329 e. The molecule has 39 heavy (non-hydrogen) atoms.